The maximum absolute atomic E-state index is 12.8. The number of carboxylic acids is 1. The Bertz CT molecular complexity index is 1050. The van der Waals surface area contributed by atoms with Crippen molar-refractivity contribution in [1.82, 2.24) is 9.88 Å². The van der Waals surface area contributed by atoms with Gasteiger partial charge in [0.15, 0.2) is 0 Å². The zero-order chi connectivity index (χ0) is 25.7. The number of carbonyl (C=O) groups excluding carboxylic acids is 1. The average molecular weight is 505 g/mol. The van der Waals surface area contributed by atoms with Crippen LogP contribution in [0.4, 0.5) is 11.5 Å². The first-order valence-corrected chi connectivity index (χ1v) is 14.0. The molecule has 2 atom stereocenters. The molecule has 2 N–H and O–H groups in total. The molecule has 7 heteroatoms. The lowest BCUT2D eigenvalue weighted by molar-refractivity contribution is -0.148. The molecule has 3 aliphatic rings. The molecule has 1 aromatic heterocycles. The van der Waals surface area contributed by atoms with Crippen LogP contribution in [-0.2, 0) is 16.0 Å². The predicted molar refractivity (Wildman–Crippen MR) is 146 cm³/mol. The number of pyridine rings is 1. The van der Waals surface area contributed by atoms with Gasteiger partial charge in [-0.1, -0.05) is 24.6 Å². The summed E-state index contributed by atoms with van der Waals surface area (Å²) in [5, 5.41) is 13.5. The number of piperidine rings is 2. The quantitative estimate of drug-likeness (QED) is 0.542. The van der Waals surface area contributed by atoms with E-state index in [4.69, 9.17) is 0 Å². The molecule has 2 aromatic rings. The number of rotatable bonds is 8. The van der Waals surface area contributed by atoms with Crippen molar-refractivity contribution in [2.45, 2.75) is 63.8 Å². The number of likely N-dealkylation sites (tertiary alicyclic amines) is 1. The van der Waals surface area contributed by atoms with Crippen molar-refractivity contribution in [2.24, 2.45) is 11.3 Å². The van der Waals surface area contributed by atoms with E-state index < -0.39 is 12.0 Å². The largest absolute Gasteiger partial charge is 0.480 e. The van der Waals surface area contributed by atoms with Gasteiger partial charge < -0.3 is 15.3 Å². The highest BCUT2D eigenvalue weighted by molar-refractivity contribution is 5.86. The number of nitrogens with one attached hydrogen (secondary N) is 1. The Labute approximate surface area is 220 Å². The summed E-state index contributed by atoms with van der Waals surface area (Å²) in [5.74, 6) is 1.14. The van der Waals surface area contributed by atoms with Crippen molar-refractivity contribution >= 4 is 23.3 Å². The minimum absolute atomic E-state index is 0.312. The third kappa shape index (κ3) is 6.15. The highest BCUT2D eigenvalue weighted by atomic mass is 16.4. The highest BCUT2D eigenvalue weighted by Crippen LogP contribution is 2.41. The van der Waals surface area contributed by atoms with Crippen LogP contribution < -0.4 is 10.2 Å². The van der Waals surface area contributed by atoms with Crippen LogP contribution in [0.1, 0.15) is 56.9 Å². The third-order valence-electron chi connectivity index (χ3n) is 8.81. The van der Waals surface area contributed by atoms with Gasteiger partial charge in [-0.2, -0.15) is 0 Å². The summed E-state index contributed by atoms with van der Waals surface area (Å²) in [7, 11) is 0. The summed E-state index contributed by atoms with van der Waals surface area (Å²) in [6, 6.07) is 13.8. The Morgan fingerprint density at radius 3 is 2.54 bits per heavy atom. The van der Waals surface area contributed by atoms with Crippen molar-refractivity contribution in [1.29, 1.82) is 0 Å². The highest BCUT2D eigenvalue weighted by Gasteiger charge is 2.45. The smallest absolute Gasteiger partial charge is 0.321 e. The number of hydrogen-bond acceptors (Lipinski definition) is 6. The van der Waals surface area contributed by atoms with Gasteiger partial charge in [-0.3, -0.25) is 14.5 Å². The second-order valence-corrected chi connectivity index (χ2v) is 11.2. The number of carboxylic acid groups (broad SMARTS) is 1. The Hall–Kier alpha value is -2.93. The molecule has 2 saturated heterocycles. The number of aromatic nitrogens is 1. The molecule has 37 heavy (non-hydrogen) atoms. The molecule has 0 radical (unpaired) electrons. The first-order chi connectivity index (χ1) is 18.0. The van der Waals surface area contributed by atoms with Gasteiger partial charge in [-0.05, 0) is 87.2 Å². The zero-order valence-electron chi connectivity index (χ0n) is 21.8. The van der Waals surface area contributed by atoms with Crippen molar-refractivity contribution in [2.75, 3.05) is 42.9 Å². The van der Waals surface area contributed by atoms with Gasteiger partial charge in [0.05, 0.1) is 0 Å². The number of benzene rings is 1. The third-order valence-corrected chi connectivity index (χ3v) is 8.81. The summed E-state index contributed by atoms with van der Waals surface area (Å²) in [6.07, 6.45) is 10.0. The van der Waals surface area contributed by atoms with Gasteiger partial charge in [-0.15, -0.1) is 0 Å². The molecule has 1 aliphatic carbocycles. The molecule has 0 bridgehead atoms. The molecule has 1 spiro atoms. The maximum atomic E-state index is 12.8. The lowest BCUT2D eigenvalue weighted by atomic mass is 9.68. The number of aliphatic carboxylic acids is 1. The van der Waals surface area contributed by atoms with Crippen LogP contribution >= 0.6 is 0 Å². The van der Waals surface area contributed by atoms with E-state index in [0.29, 0.717) is 31.1 Å². The normalized spacial score (nSPS) is 24.2. The average Bonchev–Trinajstić information content (AvgIpc) is 2.93. The first-order valence-electron chi connectivity index (χ1n) is 14.0. The monoisotopic (exact) mass is 504 g/mol. The van der Waals surface area contributed by atoms with Gasteiger partial charge in [0.1, 0.15) is 17.6 Å². The van der Waals surface area contributed by atoms with E-state index in [0.717, 1.165) is 82.5 Å². The maximum Gasteiger partial charge on any atom is 0.321 e. The van der Waals surface area contributed by atoms with Gasteiger partial charge in [0.25, 0.3) is 0 Å². The Morgan fingerprint density at radius 1 is 1.05 bits per heavy atom. The van der Waals surface area contributed by atoms with Crippen LogP contribution in [-0.4, -0.2) is 65.5 Å². The van der Waals surface area contributed by atoms with Gasteiger partial charge in [0.2, 0.25) is 0 Å². The summed E-state index contributed by atoms with van der Waals surface area (Å²) in [5.41, 5.74) is 1.93. The lowest BCUT2D eigenvalue weighted by Crippen LogP contribution is -2.54. The number of nitrogens with zero attached hydrogens (tertiary/aromatic N) is 3. The molecule has 3 fully saturated rings. The van der Waals surface area contributed by atoms with Gasteiger partial charge >= 0.3 is 5.97 Å². The molecule has 3 heterocycles. The predicted octanol–water partition coefficient (Wildman–Crippen LogP) is 4.63. The minimum atomic E-state index is -0.786. The molecule has 1 saturated carbocycles. The van der Waals surface area contributed by atoms with E-state index in [1.165, 1.54) is 5.69 Å². The Kier molecular flexibility index (Phi) is 8.08. The molecule has 1 aromatic carbocycles. The second-order valence-electron chi connectivity index (χ2n) is 11.2. The number of Topliss-reactive ketones (excluding diaryl/α,β-unsaturated/α-hetero) is 1. The molecule has 198 valence electrons. The SMILES string of the molecule is O=C(O)C(Cc1ccc(N2CCC(CNc3ccccn3)CC2)cc1)N1CCCC2(CCCCC2=O)C1. The van der Waals surface area contributed by atoms with Gasteiger partial charge in [-0.25, -0.2) is 4.98 Å². The molecule has 2 unspecified atom stereocenters. The van der Waals surface area contributed by atoms with E-state index in [1.807, 2.05) is 24.4 Å². The molecular weight excluding hydrogens is 464 g/mol. The van der Waals surface area contributed by atoms with E-state index in [9.17, 15) is 14.7 Å². The van der Waals surface area contributed by atoms with E-state index in [2.05, 4.69) is 44.4 Å². The van der Waals surface area contributed by atoms with Crippen molar-refractivity contribution in [3.8, 4) is 0 Å². The zero-order valence-corrected chi connectivity index (χ0v) is 21.8. The van der Waals surface area contributed by atoms with Crippen LogP contribution in [0.15, 0.2) is 48.7 Å². The summed E-state index contributed by atoms with van der Waals surface area (Å²) < 4.78 is 0. The van der Waals surface area contributed by atoms with Crippen LogP contribution in [0.2, 0.25) is 0 Å². The summed E-state index contributed by atoms with van der Waals surface area (Å²) in [6.45, 7) is 4.36. The van der Waals surface area contributed by atoms with Crippen LogP contribution in [0.3, 0.4) is 0 Å². The van der Waals surface area contributed by atoms with Gasteiger partial charge in [0, 0.05) is 49.9 Å². The Balaban J connectivity index is 1.15. The molecular formula is C30H40N4O3. The van der Waals surface area contributed by atoms with Crippen LogP contribution in [0, 0.1) is 11.3 Å². The van der Waals surface area contributed by atoms with E-state index >= 15 is 0 Å². The summed E-state index contributed by atoms with van der Waals surface area (Å²) >= 11 is 0. The van der Waals surface area contributed by atoms with E-state index in [-0.39, 0.29) is 5.41 Å². The number of anilines is 2. The molecule has 7 nitrogen and oxygen atoms in total. The fourth-order valence-electron chi connectivity index (χ4n) is 6.57. The second kappa shape index (κ2) is 11.6. The number of carbonyl (C=O) groups is 2. The number of ketones is 1. The van der Waals surface area contributed by atoms with Crippen LogP contribution in [0.5, 0.6) is 0 Å². The lowest BCUT2D eigenvalue weighted by Gasteiger charge is -2.45. The standard InChI is InChI=1S/C30H40N4O3/c35-27-6-1-3-14-30(27)15-5-17-34(22-30)26(29(36)37)20-23-8-10-25(11-9-23)33-18-12-24(13-19-33)21-32-28-7-2-4-16-31-28/h2,4,7-11,16,24,26H,1,3,5-6,12-15,17-22H2,(H,31,32)(H,36,37). The number of hydrogen-bond donors (Lipinski definition) is 2. The fourth-order valence-corrected chi connectivity index (χ4v) is 6.57. The van der Waals surface area contributed by atoms with E-state index in [1.54, 1.807) is 0 Å². The molecule has 5 rings (SSSR count). The topological polar surface area (TPSA) is 85.8 Å². The summed E-state index contributed by atoms with van der Waals surface area (Å²) in [4.78, 5) is 33.9. The molecule has 0 amide bonds. The van der Waals surface area contributed by atoms with Crippen molar-refractivity contribution in [3.63, 3.8) is 0 Å². The fraction of sp³-hybridized carbons (Fsp3) is 0.567. The first kappa shape index (κ1) is 25.7. The Morgan fingerprint density at radius 2 is 1.84 bits per heavy atom. The molecule has 2 aliphatic heterocycles. The van der Waals surface area contributed by atoms with Crippen molar-refractivity contribution in [3.05, 3.63) is 54.2 Å². The van der Waals surface area contributed by atoms with Crippen molar-refractivity contribution < 1.29 is 14.7 Å². The minimum Gasteiger partial charge on any atom is -0.480 e. The van der Waals surface area contributed by atoms with Crippen LogP contribution in [0.25, 0.3) is 0 Å².